The van der Waals surface area contributed by atoms with Gasteiger partial charge in [-0.25, -0.2) is 8.42 Å². The van der Waals surface area contributed by atoms with Gasteiger partial charge in [0.1, 0.15) is 0 Å². The van der Waals surface area contributed by atoms with Crippen LogP contribution in [0, 0.1) is 0 Å². The topological polar surface area (TPSA) is 77.5 Å². The van der Waals surface area contributed by atoms with Gasteiger partial charge < -0.3 is 9.45 Å². The van der Waals surface area contributed by atoms with Crippen LogP contribution in [0.15, 0.2) is 0 Å². The van der Waals surface area contributed by atoms with Crippen LogP contribution in [0.2, 0.25) is 0 Å². The maximum atomic E-state index is 12.1. The van der Waals surface area contributed by atoms with Crippen molar-refractivity contribution in [3.8, 4) is 0 Å². The van der Waals surface area contributed by atoms with Crippen LogP contribution in [-0.2, 0) is 14.9 Å². The molecule has 0 aliphatic carbocycles. The van der Waals surface area contributed by atoms with E-state index in [2.05, 4.69) is 6.92 Å². The summed E-state index contributed by atoms with van der Waals surface area (Å²) in [5.74, 6) is -0.516. The van der Waals surface area contributed by atoms with E-state index in [1.807, 2.05) is 6.92 Å². The van der Waals surface area contributed by atoms with Crippen LogP contribution in [-0.4, -0.2) is 42.6 Å². The smallest absolute Gasteiger partial charge is 0.748 e. The SMILES string of the molecule is CCCCCCCCCCCCCC(=O)N(CCC)CCS(=O)(=O)[O-].[K+]. The van der Waals surface area contributed by atoms with E-state index in [9.17, 15) is 17.8 Å². The van der Waals surface area contributed by atoms with E-state index in [1.165, 1.54) is 56.3 Å². The van der Waals surface area contributed by atoms with Gasteiger partial charge >= 0.3 is 51.4 Å². The van der Waals surface area contributed by atoms with Gasteiger partial charge in [0.25, 0.3) is 0 Å². The van der Waals surface area contributed by atoms with Gasteiger partial charge in [-0.2, -0.15) is 0 Å². The summed E-state index contributed by atoms with van der Waals surface area (Å²) in [6.45, 7) is 4.72. The minimum absolute atomic E-state index is 0. The van der Waals surface area contributed by atoms with Crippen LogP contribution in [0.25, 0.3) is 0 Å². The third-order valence-corrected chi connectivity index (χ3v) is 5.13. The molecule has 0 saturated carbocycles. The summed E-state index contributed by atoms with van der Waals surface area (Å²) >= 11 is 0. The summed E-state index contributed by atoms with van der Waals surface area (Å²) in [4.78, 5) is 13.7. The Morgan fingerprint density at radius 2 is 1.23 bits per heavy atom. The zero-order chi connectivity index (χ0) is 19.0. The zero-order valence-corrected chi connectivity index (χ0v) is 21.2. The molecule has 0 heterocycles. The molecule has 0 atom stereocenters. The molecule has 0 aliphatic rings. The Balaban J connectivity index is 0. The van der Waals surface area contributed by atoms with Crippen molar-refractivity contribution in [3.05, 3.63) is 0 Å². The van der Waals surface area contributed by atoms with Gasteiger partial charge in [0.2, 0.25) is 5.91 Å². The minimum Gasteiger partial charge on any atom is -0.748 e. The Morgan fingerprint density at radius 1 is 0.769 bits per heavy atom. The van der Waals surface area contributed by atoms with E-state index in [0.717, 1.165) is 25.7 Å². The molecule has 0 spiro atoms. The number of amides is 1. The monoisotopic (exact) mass is 415 g/mol. The molecular formula is C19H38KNO4S. The van der Waals surface area contributed by atoms with Crippen LogP contribution >= 0.6 is 0 Å². The van der Waals surface area contributed by atoms with Crippen molar-refractivity contribution in [2.24, 2.45) is 0 Å². The summed E-state index contributed by atoms with van der Waals surface area (Å²) in [5, 5.41) is 0. The Hall–Kier alpha value is 1.02. The summed E-state index contributed by atoms with van der Waals surface area (Å²) in [6, 6.07) is 0. The van der Waals surface area contributed by atoms with Crippen molar-refractivity contribution in [2.75, 3.05) is 18.8 Å². The number of rotatable bonds is 17. The molecule has 0 bridgehead atoms. The van der Waals surface area contributed by atoms with E-state index in [1.54, 1.807) is 0 Å². The first-order chi connectivity index (χ1) is 11.9. The van der Waals surface area contributed by atoms with E-state index in [-0.39, 0.29) is 63.8 Å². The predicted molar refractivity (Wildman–Crippen MR) is 103 cm³/mol. The zero-order valence-electron chi connectivity index (χ0n) is 17.3. The fraction of sp³-hybridized carbons (Fsp3) is 0.947. The largest absolute Gasteiger partial charge is 1.00 e. The van der Waals surface area contributed by atoms with Crippen molar-refractivity contribution >= 4 is 16.0 Å². The molecule has 0 aromatic carbocycles. The van der Waals surface area contributed by atoms with E-state index < -0.39 is 15.9 Å². The van der Waals surface area contributed by atoms with Crippen LogP contribution in [0.1, 0.15) is 97.3 Å². The van der Waals surface area contributed by atoms with E-state index in [4.69, 9.17) is 0 Å². The first kappa shape index (κ1) is 29.2. The van der Waals surface area contributed by atoms with Crippen molar-refractivity contribution in [3.63, 3.8) is 0 Å². The maximum Gasteiger partial charge on any atom is 1.00 e. The molecule has 26 heavy (non-hydrogen) atoms. The normalized spacial score (nSPS) is 11.2. The van der Waals surface area contributed by atoms with Crippen LogP contribution in [0.3, 0.4) is 0 Å². The molecule has 0 saturated heterocycles. The van der Waals surface area contributed by atoms with Crippen LogP contribution in [0.5, 0.6) is 0 Å². The average Bonchev–Trinajstić information content (AvgIpc) is 2.55. The Bertz CT molecular complexity index is 429. The van der Waals surface area contributed by atoms with Crippen LogP contribution in [0.4, 0.5) is 0 Å². The molecule has 150 valence electrons. The third-order valence-electron chi connectivity index (χ3n) is 4.45. The van der Waals surface area contributed by atoms with Gasteiger partial charge in [-0.05, 0) is 12.8 Å². The molecule has 0 unspecified atom stereocenters. The van der Waals surface area contributed by atoms with Crippen LogP contribution < -0.4 is 51.4 Å². The summed E-state index contributed by atoms with van der Waals surface area (Å²) in [6.07, 6.45) is 14.8. The third kappa shape index (κ3) is 19.8. The number of unbranched alkanes of at least 4 members (excludes halogenated alkanes) is 10. The van der Waals surface area contributed by atoms with Gasteiger partial charge in [0.05, 0.1) is 15.9 Å². The second-order valence-corrected chi connectivity index (χ2v) is 8.45. The number of hydrogen-bond acceptors (Lipinski definition) is 4. The van der Waals surface area contributed by atoms with Crippen molar-refractivity contribution < 1.29 is 69.1 Å². The molecule has 0 N–H and O–H groups in total. The standard InChI is InChI=1S/C19H39NO4S.K/c1-3-5-6-7-8-9-10-11-12-13-14-15-19(21)20(16-4-2)17-18-25(22,23)24;/h3-18H2,1-2H3,(H,22,23,24);/q;+1/p-1. The van der Waals surface area contributed by atoms with Crippen molar-refractivity contribution in [1.29, 1.82) is 0 Å². The first-order valence-corrected chi connectivity index (χ1v) is 11.7. The summed E-state index contributed by atoms with van der Waals surface area (Å²) in [7, 11) is -4.26. The van der Waals surface area contributed by atoms with Crippen molar-refractivity contribution in [1.82, 2.24) is 4.90 Å². The van der Waals surface area contributed by atoms with Gasteiger partial charge in [0.15, 0.2) is 0 Å². The molecule has 0 aliphatic heterocycles. The van der Waals surface area contributed by atoms with Gasteiger partial charge in [-0.15, -0.1) is 0 Å². The fourth-order valence-corrected chi connectivity index (χ4v) is 3.40. The minimum atomic E-state index is -4.26. The number of hydrogen-bond donors (Lipinski definition) is 0. The number of carbonyl (C=O) groups excluding carboxylic acids is 1. The maximum absolute atomic E-state index is 12.1. The Labute approximate surface area is 204 Å². The molecule has 0 fully saturated rings. The second kappa shape index (κ2) is 19.3. The first-order valence-electron chi connectivity index (χ1n) is 10.1. The molecule has 0 radical (unpaired) electrons. The molecule has 1 amide bonds. The Kier molecular flexibility index (Phi) is 21.7. The number of carbonyl (C=O) groups is 1. The molecular weight excluding hydrogens is 377 g/mol. The van der Waals surface area contributed by atoms with Crippen molar-refractivity contribution in [2.45, 2.75) is 97.3 Å². The predicted octanol–water partition coefficient (Wildman–Crippen LogP) is 1.48. The molecule has 0 aromatic rings. The molecule has 0 aromatic heterocycles. The molecule has 5 nitrogen and oxygen atoms in total. The second-order valence-electron chi connectivity index (χ2n) is 6.93. The fourth-order valence-electron chi connectivity index (χ4n) is 2.95. The summed E-state index contributed by atoms with van der Waals surface area (Å²) in [5.41, 5.74) is 0. The van der Waals surface area contributed by atoms with E-state index >= 15 is 0 Å². The Morgan fingerprint density at radius 3 is 1.65 bits per heavy atom. The average molecular weight is 416 g/mol. The van der Waals surface area contributed by atoms with Gasteiger partial charge in [0, 0.05) is 19.5 Å². The van der Waals surface area contributed by atoms with Gasteiger partial charge in [-0.3, -0.25) is 4.79 Å². The number of nitrogens with zero attached hydrogens (tertiary/aromatic N) is 1. The summed E-state index contributed by atoms with van der Waals surface area (Å²) < 4.78 is 32.2. The quantitative estimate of drug-likeness (QED) is 0.205. The van der Waals surface area contributed by atoms with E-state index in [0.29, 0.717) is 13.0 Å². The van der Waals surface area contributed by atoms with Gasteiger partial charge in [-0.1, -0.05) is 78.1 Å². The molecule has 7 heteroatoms. The molecule has 0 rings (SSSR count).